The maximum absolute atomic E-state index is 11.7. The van der Waals surface area contributed by atoms with Crippen LogP contribution in [0.4, 0.5) is 0 Å². The lowest BCUT2D eigenvalue weighted by atomic mass is 10.00. The molecule has 1 heterocycles. The van der Waals surface area contributed by atoms with E-state index in [0.29, 0.717) is 12.0 Å². The molecule has 1 unspecified atom stereocenters. The Balaban J connectivity index is 2.46. The molecule has 0 fully saturated rings. The van der Waals surface area contributed by atoms with Gasteiger partial charge in [-0.25, -0.2) is 4.79 Å². The summed E-state index contributed by atoms with van der Waals surface area (Å²) in [6.45, 7) is 3.80. The highest BCUT2D eigenvalue weighted by molar-refractivity contribution is 8.00. The van der Waals surface area contributed by atoms with Crippen LogP contribution in [0.15, 0.2) is 17.0 Å². The average molecular weight is 250 g/mol. The van der Waals surface area contributed by atoms with Crippen molar-refractivity contribution in [2.45, 2.75) is 30.4 Å². The lowest BCUT2D eigenvalue weighted by molar-refractivity contribution is -0.117. The van der Waals surface area contributed by atoms with E-state index in [1.54, 1.807) is 17.8 Å². The zero-order chi connectivity index (χ0) is 12.6. The minimum absolute atomic E-state index is 0.00544. The third-order valence-corrected chi connectivity index (χ3v) is 4.19. The number of fused-ring (bicyclic) bond motifs is 1. The number of thioether (sulfide) groups is 1. The molecule has 0 aliphatic carbocycles. The number of methoxy groups -OCH3 is 1. The number of aryl methyl sites for hydroxylation is 1. The van der Waals surface area contributed by atoms with E-state index in [1.807, 2.05) is 19.9 Å². The number of ether oxygens (including phenoxy) is 1. The molecule has 0 spiro atoms. The van der Waals surface area contributed by atoms with E-state index < -0.39 is 0 Å². The predicted molar refractivity (Wildman–Crippen MR) is 66.5 cm³/mol. The van der Waals surface area contributed by atoms with Gasteiger partial charge in [0.05, 0.1) is 17.9 Å². The lowest BCUT2D eigenvalue weighted by Gasteiger charge is -2.21. The van der Waals surface area contributed by atoms with Gasteiger partial charge in [-0.15, -0.1) is 11.8 Å². The van der Waals surface area contributed by atoms with Gasteiger partial charge in [0, 0.05) is 11.3 Å². The van der Waals surface area contributed by atoms with E-state index in [2.05, 4.69) is 0 Å². The topological polar surface area (TPSA) is 43.4 Å². The number of carbonyl (C=O) groups is 2. The van der Waals surface area contributed by atoms with Crippen LogP contribution >= 0.6 is 11.8 Å². The molecule has 0 radical (unpaired) electrons. The summed E-state index contributed by atoms with van der Waals surface area (Å²) in [7, 11) is 1.36. The van der Waals surface area contributed by atoms with Gasteiger partial charge in [-0.2, -0.15) is 0 Å². The molecule has 0 N–H and O–H groups in total. The molecular weight excluding hydrogens is 236 g/mol. The Kier molecular flexibility index (Phi) is 3.24. The maximum Gasteiger partial charge on any atom is 0.338 e. The molecule has 0 aromatic heterocycles. The maximum atomic E-state index is 11.7. The zero-order valence-electron chi connectivity index (χ0n) is 10.1. The summed E-state index contributed by atoms with van der Waals surface area (Å²) in [6, 6.07) is 3.75. The molecule has 17 heavy (non-hydrogen) atoms. The fourth-order valence-electron chi connectivity index (χ4n) is 1.89. The highest BCUT2D eigenvalue weighted by Gasteiger charge is 2.25. The quantitative estimate of drug-likeness (QED) is 0.718. The van der Waals surface area contributed by atoms with Gasteiger partial charge in [0.1, 0.15) is 5.78 Å². The molecule has 4 heteroatoms. The molecule has 90 valence electrons. The number of rotatable bonds is 1. The summed E-state index contributed by atoms with van der Waals surface area (Å²) in [4.78, 5) is 24.3. The number of ketones is 1. The van der Waals surface area contributed by atoms with E-state index in [4.69, 9.17) is 4.74 Å². The highest BCUT2D eigenvalue weighted by Crippen LogP contribution is 2.35. The minimum atomic E-state index is -0.346. The standard InChI is InChI=1S/C13H14O3S/c1-7-4-12-9(5-10(7)13(15)16-3)6-11(14)8(2)17-12/h4-5,8H,6H2,1-3H3. The molecule has 3 nitrogen and oxygen atoms in total. The molecule has 2 rings (SSSR count). The van der Waals surface area contributed by atoms with Crippen LogP contribution in [0.1, 0.15) is 28.4 Å². The van der Waals surface area contributed by atoms with Gasteiger partial charge in [-0.05, 0) is 37.1 Å². The summed E-state index contributed by atoms with van der Waals surface area (Å²) in [6.07, 6.45) is 0.410. The minimum Gasteiger partial charge on any atom is -0.465 e. The Morgan fingerprint density at radius 1 is 1.47 bits per heavy atom. The van der Waals surface area contributed by atoms with Gasteiger partial charge in [0.2, 0.25) is 0 Å². The Hall–Kier alpha value is -1.29. The third kappa shape index (κ3) is 2.22. The molecule has 0 saturated carbocycles. The average Bonchev–Trinajstić information content (AvgIpc) is 2.30. The van der Waals surface area contributed by atoms with Crippen LogP contribution in [0.2, 0.25) is 0 Å². The fourth-order valence-corrected chi connectivity index (χ4v) is 3.01. The van der Waals surface area contributed by atoms with Gasteiger partial charge in [-0.1, -0.05) is 0 Å². The van der Waals surface area contributed by atoms with Crippen LogP contribution in [0.5, 0.6) is 0 Å². The highest BCUT2D eigenvalue weighted by atomic mass is 32.2. The molecule has 0 amide bonds. The van der Waals surface area contributed by atoms with Gasteiger partial charge >= 0.3 is 5.97 Å². The molecule has 0 saturated heterocycles. The van der Waals surface area contributed by atoms with Crippen LogP contribution in [0.3, 0.4) is 0 Å². The van der Waals surface area contributed by atoms with E-state index in [9.17, 15) is 9.59 Å². The largest absolute Gasteiger partial charge is 0.465 e. The van der Waals surface area contributed by atoms with Gasteiger partial charge in [0.15, 0.2) is 0 Å². The summed E-state index contributed by atoms with van der Waals surface area (Å²) in [5, 5.41) is 0.00544. The number of Topliss-reactive ketones (excluding diaryl/α,β-unsaturated/α-hetero) is 1. The Morgan fingerprint density at radius 2 is 2.18 bits per heavy atom. The second-order valence-corrected chi connectivity index (χ2v) is 5.55. The van der Waals surface area contributed by atoms with Crippen molar-refractivity contribution in [3.8, 4) is 0 Å². The van der Waals surface area contributed by atoms with Crippen molar-refractivity contribution in [3.63, 3.8) is 0 Å². The lowest BCUT2D eigenvalue weighted by Crippen LogP contribution is -2.21. The van der Waals surface area contributed by atoms with E-state index in [1.165, 1.54) is 7.11 Å². The number of esters is 1. The molecular formula is C13H14O3S. The van der Waals surface area contributed by atoms with Crippen molar-refractivity contribution >= 4 is 23.5 Å². The first kappa shape index (κ1) is 12.2. The second kappa shape index (κ2) is 4.53. The summed E-state index contributed by atoms with van der Waals surface area (Å²) < 4.78 is 4.73. The van der Waals surface area contributed by atoms with Crippen LogP contribution in [-0.2, 0) is 16.0 Å². The summed E-state index contributed by atoms with van der Waals surface area (Å²) in [5.41, 5.74) is 2.38. The number of carbonyl (C=O) groups excluding carboxylic acids is 2. The third-order valence-electron chi connectivity index (χ3n) is 2.93. The van der Waals surface area contributed by atoms with Crippen LogP contribution in [-0.4, -0.2) is 24.1 Å². The predicted octanol–water partition coefficient (Wildman–Crippen LogP) is 2.39. The van der Waals surface area contributed by atoms with Crippen molar-refractivity contribution in [1.29, 1.82) is 0 Å². The van der Waals surface area contributed by atoms with Crippen molar-refractivity contribution in [2.24, 2.45) is 0 Å². The van der Waals surface area contributed by atoms with Gasteiger partial charge < -0.3 is 4.74 Å². The van der Waals surface area contributed by atoms with E-state index in [-0.39, 0.29) is 17.0 Å². The Labute approximate surface area is 105 Å². The summed E-state index contributed by atoms with van der Waals surface area (Å²) >= 11 is 1.56. The SMILES string of the molecule is COC(=O)c1cc2c(cc1C)SC(C)C(=O)C2. The van der Waals surface area contributed by atoms with Crippen LogP contribution in [0, 0.1) is 6.92 Å². The molecule has 0 bridgehead atoms. The number of hydrogen-bond donors (Lipinski definition) is 0. The van der Waals surface area contributed by atoms with Crippen molar-refractivity contribution in [1.82, 2.24) is 0 Å². The molecule has 1 aliphatic rings. The summed E-state index contributed by atoms with van der Waals surface area (Å²) in [5.74, 6) is -0.136. The van der Waals surface area contributed by atoms with Crippen LogP contribution < -0.4 is 0 Å². The first-order valence-electron chi connectivity index (χ1n) is 5.44. The van der Waals surface area contributed by atoms with Crippen LogP contribution in [0.25, 0.3) is 0 Å². The first-order chi connectivity index (χ1) is 8.02. The second-order valence-electron chi connectivity index (χ2n) is 4.17. The molecule has 1 atom stereocenters. The normalized spacial score (nSPS) is 18.8. The van der Waals surface area contributed by atoms with Crippen molar-refractivity contribution in [2.75, 3.05) is 7.11 Å². The number of benzene rings is 1. The molecule has 1 aromatic carbocycles. The zero-order valence-corrected chi connectivity index (χ0v) is 10.9. The van der Waals surface area contributed by atoms with Crippen molar-refractivity contribution < 1.29 is 14.3 Å². The van der Waals surface area contributed by atoms with Gasteiger partial charge in [0.25, 0.3) is 0 Å². The monoisotopic (exact) mass is 250 g/mol. The van der Waals surface area contributed by atoms with Gasteiger partial charge in [-0.3, -0.25) is 4.79 Å². The fraction of sp³-hybridized carbons (Fsp3) is 0.385. The molecule has 1 aromatic rings. The Morgan fingerprint density at radius 3 is 2.82 bits per heavy atom. The van der Waals surface area contributed by atoms with E-state index in [0.717, 1.165) is 16.0 Å². The first-order valence-corrected chi connectivity index (χ1v) is 6.32. The number of hydrogen-bond acceptors (Lipinski definition) is 4. The van der Waals surface area contributed by atoms with Crippen molar-refractivity contribution in [3.05, 3.63) is 28.8 Å². The smallest absolute Gasteiger partial charge is 0.338 e. The Bertz CT molecular complexity index is 494. The molecule has 1 aliphatic heterocycles. The van der Waals surface area contributed by atoms with E-state index >= 15 is 0 Å².